The van der Waals surface area contributed by atoms with Gasteiger partial charge in [0.1, 0.15) is 11.3 Å². The lowest BCUT2D eigenvalue weighted by Crippen LogP contribution is -2.50. The van der Waals surface area contributed by atoms with Gasteiger partial charge in [-0.15, -0.1) is 0 Å². The highest BCUT2D eigenvalue weighted by molar-refractivity contribution is 5.81. The monoisotopic (exact) mass is 347 g/mol. The standard InChI is InChI=1S/C16H21N5O4/c1-16(2,3)25-15(22)20-7-5-19(6-8-20)14-9-11(17)13(21(23)24)10-12(14)18-4/h9-10H,5-8,17H2,1-3H3. The zero-order valence-corrected chi connectivity index (χ0v) is 14.5. The normalized spacial score (nSPS) is 14.8. The van der Waals surface area contributed by atoms with Crippen LogP contribution in [0.2, 0.25) is 0 Å². The Bertz CT molecular complexity index is 727. The van der Waals surface area contributed by atoms with Gasteiger partial charge in [-0.25, -0.2) is 9.64 Å². The molecule has 1 aliphatic rings. The summed E-state index contributed by atoms with van der Waals surface area (Å²) in [6.07, 6.45) is -0.374. The predicted octanol–water partition coefficient (Wildman–Crippen LogP) is 2.78. The van der Waals surface area contributed by atoms with Gasteiger partial charge in [-0.3, -0.25) is 10.1 Å². The van der Waals surface area contributed by atoms with E-state index in [1.54, 1.807) is 4.90 Å². The molecule has 0 saturated carbocycles. The van der Waals surface area contributed by atoms with Gasteiger partial charge in [-0.1, -0.05) is 0 Å². The first-order valence-electron chi connectivity index (χ1n) is 7.80. The molecule has 1 fully saturated rings. The highest BCUT2D eigenvalue weighted by Gasteiger charge is 2.27. The summed E-state index contributed by atoms with van der Waals surface area (Å²) >= 11 is 0. The molecule has 2 N–H and O–H groups in total. The molecule has 0 radical (unpaired) electrons. The van der Waals surface area contributed by atoms with E-state index in [0.29, 0.717) is 31.9 Å². The highest BCUT2D eigenvalue weighted by atomic mass is 16.6. The van der Waals surface area contributed by atoms with Crippen LogP contribution < -0.4 is 10.6 Å². The Balaban J connectivity index is 2.13. The van der Waals surface area contributed by atoms with Gasteiger partial charge >= 0.3 is 6.09 Å². The second kappa shape index (κ2) is 6.84. The first-order chi connectivity index (χ1) is 11.6. The van der Waals surface area contributed by atoms with Gasteiger partial charge in [0.25, 0.3) is 5.69 Å². The predicted molar refractivity (Wildman–Crippen MR) is 93.8 cm³/mol. The summed E-state index contributed by atoms with van der Waals surface area (Å²) in [5, 5.41) is 11.0. The maximum atomic E-state index is 12.1. The Morgan fingerprint density at radius 3 is 2.40 bits per heavy atom. The topological polar surface area (TPSA) is 106 Å². The number of carbonyl (C=O) groups excluding carboxylic acids is 1. The number of amides is 1. The Labute approximate surface area is 145 Å². The second-order valence-corrected chi connectivity index (χ2v) is 6.72. The third-order valence-corrected chi connectivity index (χ3v) is 3.71. The maximum absolute atomic E-state index is 12.1. The van der Waals surface area contributed by atoms with Crippen LogP contribution in [0.25, 0.3) is 4.85 Å². The summed E-state index contributed by atoms with van der Waals surface area (Å²) < 4.78 is 5.35. The van der Waals surface area contributed by atoms with Crippen molar-refractivity contribution < 1.29 is 14.5 Å². The number of rotatable bonds is 2. The second-order valence-electron chi connectivity index (χ2n) is 6.72. The van der Waals surface area contributed by atoms with Crippen LogP contribution in [0.15, 0.2) is 12.1 Å². The van der Waals surface area contributed by atoms with Crippen molar-refractivity contribution in [3.63, 3.8) is 0 Å². The quantitative estimate of drug-likeness (QED) is 0.381. The van der Waals surface area contributed by atoms with Gasteiger partial charge in [-0.05, 0) is 26.8 Å². The van der Waals surface area contributed by atoms with Gasteiger partial charge in [0.05, 0.1) is 11.5 Å². The number of carbonyl (C=O) groups is 1. The number of hydrogen-bond donors (Lipinski definition) is 1. The van der Waals surface area contributed by atoms with Crippen LogP contribution in [0.1, 0.15) is 20.8 Å². The van der Waals surface area contributed by atoms with Gasteiger partial charge in [0.2, 0.25) is 5.69 Å². The minimum absolute atomic E-state index is 0.0157. The van der Waals surface area contributed by atoms with E-state index in [1.807, 2.05) is 25.7 Å². The molecule has 0 aromatic heterocycles. The number of anilines is 2. The maximum Gasteiger partial charge on any atom is 0.410 e. The van der Waals surface area contributed by atoms with Crippen molar-refractivity contribution in [2.75, 3.05) is 36.8 Å². The third-order valence-electron chi connectivity index (χ3n) is 3.71. The molecule has 1 aliphatic heterocycles. The largest absolute Gasteiger partial charge is 0.444 e. The van der Waals surface area contributed by atoms with E-state index in [1.165, 1.54) is 12.1 Å². The average molecular weight is 347 g/mol. The number of nitrogen functional groups attached to an aromatic ring is 1. The first kappa shape index (κ1) is 18.3. The molecule has 25 heavy (non-hydrogen) atoms. The molecule has 1 aromatic carbocycles. The molecule has 1 aromatic rings. The van der Waals surface area contributed by atoms with Crippen LogP contribution in [0, 0.1) is 16.7 Å². The van der Waals surface area contributed by atoms with Crippen LogP contribution in [0.5, 0.6) is 0 Å². The highest BCUT2D eigenvalue weighted by Crippen LogP contribution is 2.37. The van der Waals surface area contributed by atoms with Crippen molar-refractivity contribution in [2.24, 2.45) is 0 Å². The van der Waals surface area contributed by atoms with Crippen LogP contribution in [-0.4, -0.2) is 47.7 Å². The van der Waals surface area contributed by atoms with Crippen molar-refractivity contribution in [1.29, 1.82) is 0 Å². The summed E-state index contributed by atoms with van der Waals surface area (Å²) in [7, 11) is 0. The van der Waals surface area contributed by atoms with Gasteiger partial charge in [0.15, 0.2) is 0 Å². The fourth-order valence-electron chi connectivity index (χ4n) is 2.54. The zero-order valence-electron chi connectivity index (χ0n) is 14.5. The minimum Gasteiger partial charge on any atom is -0.444 e. The average Bonchev–Trinajstić information content (AvgIpc) is 2.52. The number of piperazine rings is 1. The smallest absolute Gasteiger partial charge is 0.410 e. The molecule has 0 spiro atoms. The van der Waals surface area contributed by atoms with Crippen molar-refractivity contribution in [1.82, 2.24) is 4.90 Å². The lowest BCUT2D eigenvalue weighted by atomic mass is 10.1. The number of nitro groups is 1. The van der Waals surface area contributed by atoms with Crippen molar-refractivity contribution in [3.8, 4) is 0 Å². The molecule has 134 valence electrons. The summed E-state index contributed by atoms with van der Waals surface area (Å²) in [6, 6.07) is 2.65. The van der Waals surface area contributed by atoms with E-state index in [9.17, 15) is 14.9 Å². The molecule has 0 aliphatic carbocycles. The summed E-state index contributed by atoms with van der Waals surface area (Å²) in [6.45, 7) is 14.5. The van der Waals surface area contributed by atoms with Crippen LogP contribution >= 0.6 is 0 Å². The molecule has 9 nitrogen and oxygen atoms in total. The van der Waals surface area contributed by atoms with Crippen LogP contribution in [0.4, 0.5) is 27.5 Å². The SMILES string of the molecule is [C-]#[N+]c1cc([N+](=O)[O-])c(N)cc1N1CCN(C(=O)OC(C)(C)C)CC1. The molecule has 9 heteroatoms. The third kappa shape index (κ3) is 4.29. The summed E-state index contributed by atoms with van der Waals surface area (Å²) in [5.41, 5.74) is 5.64. The molecule has 0 bridgehead atoms. The molecule has 1 heterocycles. The Morgan fingerprint density at radius 1 is 1.32 bits per heavy atom. The zero-order chi connectivity index (χ0) is 18.8. The number of ether oxygens (including phenoxy) is 1. The number of nitrogens with zero attached hydrogens (tertiary/aromatic N) is 4. The van der Waals surface area contributed by atoms with Crippen molar-refractivity contribution >= 4 is 28.8 Å². The number of hydrogen-bond acceptors (Lipinski definition) is 6. The van der Waals surface area contributed by atoms with E-state index in [0.717, 1.165) is 0 Å². The number of benzene rings is 1. The summed E-state index contributed by atoms with van der Waals surface area (Å²) in [4.78, 5) is 29.3. The number of nitro benzene ring substituents is 1. The van der Waals surface area contributed by atoms with Crippen LogP contribution in [-0.2, 0) is 4.74 Å². The molecule has 1 amide bonds. The van der Waals surface area contributed by atoms with E-state index >= 15 is 0 Å². The molecule has 1 saturated heterocycles. The van der Waals surface area contributed by atoms with Gasteiger partial charge in [-0.2, -0.15) is 0 Å². The van der Waals surface area contributed by atoms with Crippen LogP contribution in [0.3, 0.4) is 0 Å². The molecular weight excluding hydrogens is 326 g/mol. The van der Waals surface area contributed by atoms with Gasteiger partial charge < -0.3 is 20.3 Å². The minimum atomic E-state index is -0.603. The molecular formula is C16H21N5O4. The Kier molecular flexibility index (Phi) is 5.02. The Hall–Kier alpha value is -3.02. The molecule has 2 rings (SSSR count). The van der Waals surface area contributed by atoms with Crippen molar-refractivity contribution in [2.45, 2.75) is 26.4 Å². The lowest BCUT2D eigenvalue weighted by molar-refractivity contribution is -0.383. The van der Waals surface area contributed by atoms with E-state index < -0.39 is 10.5 Å². The lowest BCUT2D eigenvalue weighted by Gasteiger charge is -2.37. The fraction of sp³-hybridized carbons (Fsp3) is 0.500. The molecule has 0 unspecified atom stereocenters. The van der Waals surface area contributed by atoms with E-state index in [2.05, 4.69) is 4.85 Å². The van der Waals surface area contributed by atoms with Crippen molar-refractivity contribution in [3.05, 3.63) is 33.7 Å². The van der Waals surface area contributed by atoms with E-state index in [-0.39, 0.29) is 23.2 Å². The first-order valence-corrected chi connectivity index (χ1v) is 7.80. The van der Waals surface area contributed by atoms with Gasteiger partial charge in [0, 0.05) is 37.9 Å². The fourth-order valence-corrected chi connectivity index (χ4v) is 2.54. The van der Waals surface area contributed by atoms with E-state index in [4.69, 9.17) is 17.0 Å². The summed E-state index contributed by atoms with van der Waals surface area (Å²) in [5.74, 6) is 0. The Morgan fingerprint density at radius 2 is 1.92 bits per heavy atom. The molecule has 0 atom stereocenters. The number of nitrogens with two attached hydrogens (primary N) is 1.